The summed E-state index contributed by atoms with van der Waals surface area (Å²) >= 11 is 3.49. The maximum atomic E-state index is 12.6. The van der Waals surface area contributed by atoms with Crippen molar-refractivity contribution >= 4 is 44.5 Å². The molecule has 4 heteroatoms. The van der Waals surface area contributed by atoms with Crippen molar-refractivity contribution in [2.24, 2.45) is 0 Å². The number of halogens is 1. The van der Waals surface area contributed by atoms with Crippen molar-refractivity contribution in [3.8, 4) is 11.1 Å². The molecule has 0 saturated carbocycles. The first-order valence-electron chi connectivity index (χ1n) is 8.12. The minimum absolute atomic E-state index is 0.132. The SMILES string of the molecule is O=C1CC=Cc2cc(-c3ccc(Br)cc3)c3nc4ccccc4n3c21. The molecule has 0 atom stereocenters. The zero-order valence-corrected chi connectivity index (χ0v) is 14.8. The number of hydrogen-bond donors (Lipinski definition) is 0. The number of imidazole rings is 1. The number of allylic oxidation sites excluding steroid dienone is 1. The number of aromatic nitrogens is 2. The van der Waals surface area contributed by atoms with Gasteiger partial charge in [-0.25, -0.2) is 4.98 Å². The average molecular weight is 389 g/mol. The number of benzene rings is 2. The van der Waals surface area contributed by atoms with Crippen LogP contribution >= 0.6 is 15.9 Å². The smallest absolute Gasteiger partial charge is 0.183 e. The number of fused-ring (bicyclic) bond motifs is 5. The van der Waals surface area contributed by atoms with E-state index in [1.807, 2.05) is 53.0 Å². The highest BCUT2D eigenvalue weighted by Gasteiger charge is 2.22. The van der Waals surface area contributed by atoms with Gasteiger partial charge < -0.3 is 0 Å². The molecule has 1 aliphatic carbocycles. The van der Waals surface area contributed by atoms with Crippen molar-refractivity contribution in [1.29, 1.82) is 0 Å². The zero-order chi connectivity index (χ0) is 17.0. The lowest BCUT2D eigenvalue weighted by Gasteiger charge is -2.15. The van der Waals surface area contributed by atoms with Gasteiger partial charge in [-0.1, -0.05) is 52.3 Å². The molecule has 2 aromatic carbocycles. The minimum Gasteiger partial charge on any atom is -0.292 e. The monoisotopic (exact) mass is 388 g/mol. The van der Waals surface area contributed by atoms with E-state index in [1.54, 1.807) is 0 Å². The van der Waals surface area contributed by atoms with Crippen LogP contribution in [-0.2, 0) is 0 Å². The summed E-state index contributed by atoms with van der Waals surface area (Å²) in [5, 5.41) is 0. The second kappa shape index (κ2) is 5.39. The third-order valence-corrected chi connectivity index (χ3v) is 5.15. The Morgan fingerprint density at radius 3 is 2.68 bits per heavy atom. The molecule has 2 heterocycles. The first-order chi connectivity index (χ1) is 12.2. The summed E-state index contributed by atoms with van der Waals surface area (Å²) < 4.78 is 3.06. The van der Waals surface area contributed by atoms with E-state index >= 15 is 0 Å². The number of nitrogens with zero attached hydrogens (tertiary/aromatic N) is 2. The van der Waals surface area contributed by atoms with Gasteiger partial charge in [0.25, 0.3) is 0 Å². The van der Waals surface area contributed by atoms with E-state index in [0.29, 0.717) is 6.42 Å². The van der Waals surface area contributed by atoms with Gasteiger partial charge in [0.2, 0.25) is 0 Å². The van der Waals surface area contributed by atoms with Gasteiger partial charge in [-0.05, 0) is 35.9 Å². The molecular formula is C21H13BrN2O. The number of carbonyl (C=O) groups excluding carboxylic acids is 1. The maximum Gasteiger partial charge on any atom is 0.183 e. The van der Waals surface area contributed by atoms with E-state index in [1.165, 1.54) is 0 Å². The molecule has 25 heavy (non-hydrogen) atoms. The van der Waals surface area contributed by atoms with Crippen molar-refractivity contribution in [1.82, 2.24) is 9.38 Å². The Morgan fingerprint density at radius 1 is 1.04 bits per heavy atom. The molecule has 0 radical (unpaired) electrons. The van der Waals surface area contributed by atoms with Crippen LogP contribution in [0.5, 0.6) is 0 Å². The number of carbonyl (C=O) groups is 1. The van der Waals surface area contributed by atoms with Crippen molar-refractivity contribution in [3.05, 3.63) is 76.4 Å². The molecule has 0 saturated heterocycles. The Kier molecular flexibility index (Phi) is 3.15. The van der Waals surface area contributed by atoms with Crippen LogP contribution in [0.15, 0.2) is 65.1 Å². The molecule has 0 unspecified atom stereocenters. The van der Waals surface area contributed by atoms with Crippen molar-refractivity contribution in [2.45, 2.75) is 6.42 Å². The summed E-state index contributed by atoms with van der Waals surface area (Å²) in [6.45, 7) is 0. The number of rotatable bonds is 1. The molecule has 2 aromatic heterocycles. The van der Waals surface area contributed by atoms with Crippen molar-refractivity contribution < 1.29 is 4.79 Å². The van der Waals surface area contributed by atoms with E-state index in [0.717, 1.165) is 43.5 Å². The lowest BCUT2D eigenvalue weighted by molar-refractivity contribution is 0.0989. The third kappa shape index (κ3) is 2.18. The van der Waals surface area contributed by atoms with E-state index in [-0.39, 0.29) is 5.78 Å². The van der Waals surface area contributed by atoms with Gasteiger partial charge in [0.15, 0.2) is 5.78 Å². The number of ketones is 1. The van der Waals surface area contributed by atoms with Gasteiger partial charge in [-0.3, -0.25) is 9.20 Å². The van der Waals surface area contributed by atoms with Crippen LogP contribution in [0.2, 0.25) is 0 Å². The summed E-state index contributed by atoms with van der Waals surface area (Å²) in [5.74, 6) is 0.132. The fourth-order valence-electron chi connectivity index (χ4n) is 3.49. The third-order valence-electron chi connectivity index (χ3n) is 4.62. The molecule has 0 aliphatic heterocycles. The molecular weight excluding hydrogens is 376 g/mol. The summed E-state index contributed by atoms with van der Waals surface area (Å²) in [7, 11) is 0. The lowest BCUT2D eigenvalue weighted by Crippen LogP contribution is -2.11. The second-order valence-corrected chi connectivity index (χ2v) is 7.07. The predicted octanol–water partition coefficient (Wildman–Crippen LogP) is 5.52. The average Bonchev–Trinajstić information content (AvgIpc) is 3.01. The molecule has 3 nitrogen and oxygen atoms in total. The van der Waals surface area contributed by atoms with Gasteiger partial charge in [0.05, 0.1) is 16.7 Å². The summed E-state index contributed by atoms with van der Waals surface area (Å²) in [4.78, 5) is 17.5. The van der Waals surface area contributed by atoms with Gasteiger partial charge in [0, 0.05) is 22.0 Å². The van der Waals surface area contributed by atoms with Crippen LogP contribution in [0, 0.1) is 0 Å². The van der Waals surface area contributed by atoms with Crippen LogP contribution < -0.4 is 0 Å². The molecule has 0 fully saturated rings. The Labute approximate surface area is 152 Å². The van der Waals surface area contributed by atoms with Crippen molar-refractivity contribution in [2.75, 3.05) is 0 Å². The maximum absolute atomic E-state index is 12.6. The largest absolute Gasteiger partial charge is 0.292 e. The summed E-state index contributed by atoms with van der Waals surface area (Å²) in [6, 6.07) is 18.2. The Hall–Kier alpha value is -2.72. The highest BCUT2D eigenvalue weighted by Crippen LogP contribution is 2.33. The normalized spacial score (nSPS) is 13.6. The molecule has 120 valence electrons. The van der Waals surface area contributed by atoms with E-state index in [2.05, 4.69) is 34.1 Å². The topological polar surface area (TPSA) is 34.4 Å². The molecule has 4 aromatic rings. The summed E-state index contributed by atoms with van der Waals surface area (Å²) in [6.07, 6.45) is 4.40. The highest BCUT2D eigenvalue weighted by atomic mass is 79.9. The van der Waals surface area contributed by atoms with Crippen LogP contribution in [0.25, 0.3) is 33.9 Å². The fourth-order valence-corrected chi connectivity index (χ4v) is 3.76. The zero-order valence-electron chi connectivity index (χ0n) is 13.2. The molecule has 0 spiro atoms. The van der Waals surface area contributed by atoms with Crippen molar-refractivity contribution in [3.63, 3.8) is 0 Å². The fraction of sp³-hybridized carbons (Fsp3) is 0.0476. The molecule has 5 rings (SSSR count). The van der Waals surface area contributed by atoms with Gasteiger partial charge in [-0.15, -0.1) is 0 Å². The van der Waals surface area contributed by atoms with Gasteiger partial charge in [0.1, 0.15) is 5.65 Å². The standard InChI is InChI=1S/C21H13BrN2O/c22-15-10-8-13(9-11-15)16-12-14-4-3-7-19(25)20(14)24-18-6-2-1-5-17(18)23-21(16)24/h1-6,8-12H,7H2. The van der Waals surface area contributed by atoms with E-state index in [9.17, 15) is 4.79 Å². The highest BCUT2D eigenvalue weighted by molar-refractivity contribution is 9.10. The number of para-hydroxylation sites is 2. The van der Waals surface area contributed by atoms with Crippen LogP contribution in [-0.4, -0.2) is 15.2 Å². The Morgan fingerprint density at radius 2 is 1.84 bits per heavy atom. The molecule has 0 amide bonds. The van der Waals surface area contributed by atoms with E-state index < -0.39 is 0 Å². The lowest BCUT2D eigenvalue weighted by atomic mass is 9.97. The Balaban J connectivity index is 1.97. The minimum atomic E-state index is 0.132. The predicted molar refractivity (Wildman–Crippen MR) is 104 cm³/mol. The number of Topliss-reactive ketones (excluding diaryl/α,β-unsaturated/α-hetero) is 1. The first kappa shape index (κ1) is 14.6. The van der Waals surface area contributed by atoms with Gasteiger partial charge in [-0.2, -0.15) is 0 Å². The summed E-state index contributed by atoms with van der Waals surface area (Å²) in [5.41, 5.74) is 6.48. The van der Waals surface area contributed by atoms with Crippen LogP contribution in [0.4, 0.5) is 0 Å². The van der Waals surface area contributed by atoms with Gasteiger partial charge >= 0.3 is 0 Å². The van der Waals surface area contributed by atoms with E-state index in [4.69, 9.17) is 4.98 Å². The second-order valence-electron chi connectivity index (χ2n) is 6.16. The molecule has 0 bridgehead atoms. The van der Waals surface area contributed by atoms with Crippen LogP contribution in [0.3, 0.4) is 0 Å². The van der Waals surface area contributed by atoms with Crippen LogP contribution in [0.1, 0.15) is 22.5 Å². The first-order valence-corrected chi connectivity index (χ1v) is 8.91. The molecule has 0 N–H and O–H groups in total. The Bertz CT molecular complexity index is 1190. The molecule has 1 aliphatic rings. The number of hydrogen-bond acceptors (Lipinski definition) is 2. The quantitative estimate of drug-likeness (QED) is 0.430. The number of pyridine rings is 1.